The maximum Gasteiger partial charge on any atom is 0.317 e. The monoisotopic (exact) mass is 378 g/mol. The molecule has 2 heterocycles. The van der Waals surface area contributed by atoms with Crippen molar-refractivity contribution in [1.29, 1.82) is 0 Å². The van der Waals surface area contributed by atoms with Crippen LogP contribution in [0.5, 0.6) is 0 Å². The molecule has 0 saturated carbocycles. The second kappa shape index (κ2) is 8.44. The molecule has 2 aromatic carbocycles. The van der Waals surface area contributed by atoms with Crippen molar-refractivity contribution in [2.75, 3.05) is 32.7 Å². The van der Waals surface area contributed by atoms with Crippen LogP contribution in [0.3, 0.4) is 0 Å². The summed E-state index contributed by atoms with van der Waals surface area (Å²) in [5.41, 5.74) is 4.15. The van der Waals surface area contributed by atoms with Gasteiger partial charge in [0.2, 0.25) is 5.89 Å². The molecule has 2 amide bonds. The van der Waals surface area contributed by atoms with E-state index in [-0.39, 0.29) is 6.03 Å². The van der Waals surface area contributed by atoms with Crippen LogP contribution in [0.4, 0.5) is 4.79 Å². The van der Waals surface area contributed by atoms with Gasteiger partial charge in [0.1, 0.15) is 5.52 Å². The number of nitrogens with one attached hydrogen (secondary N) is 1. The van der Waals surface area contributed by atoms with Crippen LogP contribution in [0, 0.1) is 6.92 Å². The van der Waals surface area contributed by atoms with Gasteiger partial charge in [-0.1, -0.05) is 36.4 Å². The Morgan fingerprint density at radius 2 is 1.89 bits per heavy atom. The van der Waals surface area contributed by atoms with Crippen molar-refractivity contribution in [1.82, 2.24) is 20.1 Å². The Morgan fingerprint density at radius 3 is 2.68 bits per heavy atom. The zero-order valence-corrected chi connectivity index (χ0v) is 16.2. The van der Waals surface area contributed by atoms with Gasteiger partial charge in [0, 0.05) is 32.7 Å². The van der Waals surface area contributed by atoms with Crippen LogP contribution in [0.1, 0.15) is 17.0 Å². The van der Waals surface area contributed by atoms with Crippen molar-refractivity contribution in [3.8, 4) is 0 Å². The highest BCUT2D eigenvalue weighted by Gasteiger charge is 2.22. The van der Waals surface area contributed by atoms with E-state index >= 15 is 0 Å². The number of urea groups is 1. The molecule has 1 fully saturated rings. The fourth-order valence-electron chi connectivity index (χ4n) is 3.52. The maximum absolute atomic E-state index is 12.4. The Bertz CT molecular complexity index is 930. The zero-order valence-electron chi connectivity index (χ0n) is 16.2. The number of amides is 2. The average Bonchev–Trinajstić information content (AvgIpc) is 3.10. The second-order valence-electron chi connectivity index (χ2n) is 7.31. The number of fused-ring (bicyclic) bond motifs is 1. The van der Waals surface area contributed by atoms with Crippen molar-refractivity contribution in [3.05, 3.63) is 65.5 Å². The van der Waals surface area contributed by atoms with Gasteiger partial charge < -0.3 is 14.6 Å². The second-order valence-corrected chi connectivity index (χ2v) is 7.31. The Balaban J connectivity index is 1.23. The van der Waals surface area contributed by atoms with Crippen molar-refractivity contribution in [2.24, 2.45) is 0 Å². The molecule has 6 nitrogen and oxygen atoms in total. The first-order valence-corrected chi connectivity index (χ1v) is 9.82. The number of rotatable bonds is 5. The number of hydrogen-bond acceptors (Lipinski definition) is 4. The van der Waals surface area contributed by atoms with E-state index in [9.17, 15) is 4.79 Å². The summed E-state index contributed by atoms with van der Waals surface area (Å²) in [7, 11) is 0. The molecule has 1 aromatic heterocycles. The molecule has 28 heavy (non-hydrogen) atoms. The summed E-state index contributed by atoms with van der Waals surface area (Å²) in [6.07, 6.45) is 0.851. The van der Waals surface area contributed by atoms with E-state index < -0.39 is 0 Å². The lowest BCUT2D eigenvalue weighted by Crippen LogP contribution is -2.51. The van der Waals surface area contributed by atoms with Gasteiger partial charge in [-0.2, -0.15) is 0 Å². The van der Waals surface area contributed by atoms with E-state index in [4.69, 9.17) is 4.42 Å². The predicted molar refractivity (Wildman–Crippen MR) is 109 cm³/mol. The molecule has 0 spiro atoms. The molecule has 1 saturated heterocycles. The number of carbonyl (C=O) groups is 1. The lowest BCUT2D eigenvalue weighted by Gasteiger charge is -2.34. The average molecular weight is 378 g/mol. The standard InChI is InChI=1S/C22H26N4O2/c1-17-7-8-19-20(15-17)28-21(24-19)16-25-11-13-26(14-12-25)22(27)23-10-9-18-5-3-2-4-6-18/h2-8,15H,9-14,16H2,1H3,(H,23,27). The lowest BCUT2D eigenvalue weighted by atomic mass is 10.1. The Morgan fingerprint density at radius 1 is 1.11 bits per heavy atom. The van der Waals surface area contributed by atoms with E-state index in [0.717, 1.165) is 49.6 Å². The third-order valence-corrected chi connectivity index (χ3v) is 5.14. The molecular weight excluding hydrogens is 352 g/mol. The molecule has 0 atom stereocenters. The van der Waals surface area contributed by atoms with Crippen molar-refractivity contribution in [3.63, 3.8) is 0 Å². The normalized spacial score (nSPS) is 15.1. The maximum atomic E-state index is 12.4. The predicted octanol–water partition coefficient (Wildman–Crippen LogP) is 3.21. The van der Waals surface area contributed by atoms with Gasteiger partial charge in [0.25, 0.3) is 0 Å². The summed E-state index contributed by atoms with van der Waals surface area (Å²) < 4.78 is 5.88. The molecule has 1 aliphatic rings. The first-order valence-electron chi connectivity index (χ1n) is 9.82. The van der Waals surface area contributed by atoms with Gasteiger partial charge in [-0.15, -0.1) is 0 Å². The summed E-state index contributed by atoms with van der Waals surface area (Å²) in [6.45, 7) is 6.47. The van der Waals surface area contributed by atoms with Gasteiger partial charge in [-0.25, -0.2) is 9.78 Å². The highest BCUT2D eigenvalue weighted by atomic mass is 16.3. The molecule has 1 aliphatic heterocycles. The minimum absolute atomic E-state index is 0.0212. The number of aryl methyl sites for hydroxylation is 1. The number of aromatic nitrogens is 1. The molecule has 4 rings (SSSR count). The smallest absolute Gasteiger partial charge is 0.317 e. The van der Waals surface area contributed by atoms with Crippen LogP contribution in [-0.4, -0.2) is 53.5 Å². The molecule has 0 aliphatic carbocycles. The van der Waals surface area contributed by atoms with E-state index in [1.807, 2.05) is 48.2 Å². The molecule has 0 radical (unpaired) electrons. The first-order chi connectivity index (χ1) is 13.7. The quantitative estimate of drug-likeness (QED) is 0.741. The van der Waals surface area contributed by atoms with Crippen LogP contribution >= 0.6 is 0 Å². The van der Waals surface area contributed by atoms with E-state index in [2.05, 4.69) is 27.3 Å². The van der Waals surface area contributed by atoms with Gasteiger partial charge in [0.15, 0.2) is 5.58 Å². The van der Waals surface area contributed by atoms with Crippen LogP contribution in [0.15, 0.2) is 52.9 Å². The molecule has 0 bridgehead atoms. The van der Waals surface area contributed by atoms with Crippen molar-refractivity contribution in [2.45, 2.75) is 19.9 Å². The van der Waals surface area contributed by atoms with Crippen LogP contribution in [-0.2, 0) is 13.0 Å². The summed E-state index contributed by atoms with van der Waals surface area (Å²) in [5, 5.41) is 3.03. The van der Waals surface area contributed by atoms with E-state index in [1.165, 1.54) is 11.1 Å². The van der Waals surface area contributed by atoms with Crippen LogP contribution in [0.25, 0.3) is 11.1 Å². The Labute approximate surface area is 165 Å². The number of carbonyl (C=O) groups excluding carboxylic acids is 1. The van der Waals surface area contributed by atoms with E-state index in [1.54, 1.807) is 0 Å². The first kappa shape index (κ1) is 18.5. The minimum Gasteiger partial charge on any atom is -0.439 e. The summed E-state index contributed by atoms with van der Waals surface area (Å²) in [5.74, 6) is 0.737. The molecule has 146 valence electrons. The van der Waals surface area contributed by atoms with Gasteiger partial charge in [-0.05, 0) is 36.6 Å². The molecular formula is C22H26N4O2. The summed E-state index contributed by atoms with van der Waals surface area (Å²) in [4.78, 5) is 21.1. The number of hydrogen-bond donors (Lipinski definition) is 1. The molecule has 1 N–H and O–H groups in total. The molecule has 3 aromatic rings. The number of nitrogens with zero attached hydrogens (tertiary/aromatic N) is 3. The Kier molecular flexibility index (Phi) is 5.58. The fourth-order valence-corrected chi connectivity index (χ4v) is 3.52. The SMILES string of the molecule is Cc1ccc2nc(CN3CCN(C(=O)NCCc4ccccc4)CC3)oc2c1. The third kappa shape index (κ3) is 4.51. The summed E-state index contributed by atoms with van der Waals surface area (Å²) >= 11 is 0. The minimum atomic E-state index is 0.0212. The van der Waals surface area contributed by atoms with Gasteiger partial charge in [0.05, 0.1) is 6.54 Å². The summed E-state index contributed by atoms with van der Waals surface area (Å²) in [6, 6.07) is 16.3. The lowest BCUT2D eigenvalue weighted by molar-refractivity contribution is 0.129. The van der Waals surface area contributed by atoms with Crippen molar-refractivity contribution >= 4 is 17.1 Å². The fraction of sp³-hybridized carbons (Fsp3) is 0.364. The Hall–Kier alpha value is -2.86. The van der Waals surface area contributed by atoms with Gasteiger partial charge in [-0.3, -0.25) is 4.90 Å². The number of benzene rings is 2. The number of piperazine rings is 1. The highest BCUT2D eigenvalue weighted by molar-refractivity contribution is 5.74. The van der Waals surface area contributed by atoms with E-state index in [0.29, 0.717) is 13.1 Å². The highest BCUT2D eigenvalue weighted by Crippen LogP contribution is 2.18. The number of oxazole rings is 1. The van der Waals surface area contributed by atoms with Crippen LogP contribution in [0.2, 0.25) is 0 Å². The topological polar surface area (TPSA) is 61.6 Å². The van der Waals surface area contributed by atoms with Crippen LogP contribution < -0.4 is 5.32 Å². The van der Waals surface area contributed by atoms with Gasteiger partial charge >= 0.3 is 6.03 Å². The molecule has 6 heteroatoms. The zero-order chi connectivity index (χ0) is 19.3. The van der Waals surface area contributed by atoms with Crippen molar-refractivity contribution < 1.29 is 9.21 Å². The molecule has 0 unspecified atom stereocenters. The third-order valence-electron chi connectivity index (χ3n) is 5.14. The largest absolute Gasteiger partial charge is 0.439 e.